The fourth-order valence-electron chi connectivity index (χ4n) is 0.928. The summed E-state index contributed by atoms with van der Waals surface area (Å²) < 4.78 is 0. The Bertz CT molecular complexity index is 101. The number of piperidine rings is 1. The van der Waals surface area contributed by atoms with Crippen LogP contribution >= 0.6 is 0 Å². The molecule has 8 heavy (non-hydrogen) atoms. The van der Waals surface area contributed by atoms with Crippen LogP contribution in [0.25, 0.3) is 0 Å². The molecule has 0 aliphatic carbocycles. The van der Waals surface area contributed by atoms with Crippen molar-refractivity contribution >= 4 is 0 Å². The Morgan fingerprint density at radius 1 is 1.62 bits per heavy atom. The van der Waals surface area contributed by atoms with Gasteiger partial charge in [-0.3, -0.25) is 0 Å². The van der Waals surface area contributed by atoms with Gasteiger partial charge in [-0.2, -0.15) is 5.06 Å². The van der Waals surface area contributed by atoms with Crippen molar-refractivity contribution in [1.82, 2.24) is 5.06 Å². The van der Waals surface area contributed by atoms with E-state index >= 15 is 0 Å². The first-order chi connectivity index (χ1) is 3.79. The molecule has 1 aliphatic heterocycles. The van der Waals surface area contributed by atoms with Gasteiger partial charge in [-0.05, 0) is 12.8 Å². The Labute approximate surface area is 49.4 Å². The Hall–Kier alpha value is -0.340. The Kier molecular flexibility index (Phi) is 1.65. The van der Waals surface area contributed by atoms with Crippen LogP contribution in [0.15, 0.2) is 12.2 Å². The summed E-state index contributed by atoms with van der Waals surface area (Å²) in [6.45, 7) is 5.23. The van der Waals surface area contributed by atoms with Crippen LogP contribution in [0, 0.1) is 0 Å². The molecule has 0 aromatic heterocycles. The molecule has 1 aliphatic rings. The van der Waals surface area contributed by atoms with Gasteiger partial charge in [-0.15, -0.1) is 0 Å². The fourth-order valence-corrected chi connectivity index (χ4v) is 0.928. The normalized spacial score (nSPS) is 23.9. The number of hydroxylamine groups is 2. The van der Waals surface area contributed by atoms with Gasteiger partial charge in [-0.25, -0.2) is 0 Å². The summed E-state index contributed by atoms with van der Waals surface area (Å²) in [4.78, 5) is 0. The van der Waals surface area contributed by atoms with Crippen molar-refractivity contribution in [3.8, 4) is 0 Å². The predicted molar refractivity (Wildman–Crippen MR) is 31.7 cm³/mol. The van der Waals surface area contributed by atoms with Crippen LogP contribution in [0.5, 0.6) is 0 Å². The van der Waals surface area contributed by atoms with Gasteiger partial charge in [0.1, 0.15) is 0 Å². The maximum Gasteiger partial charge on any atom is 0.0445 e. The van der Waals surface area contributed by atoms with Crippen molar-refractivity contribution in [2.75, 3.05) is 13.1 Å². The second-order valence-electron chi connectivity index (χ2n) is 2.24. The van der Waals surface area contributed by atoms with Crippen LogP contribution in [-0.4, -0.2) is 23.4 Å². The topological polar surface area (TPSA) is 23.5 Å². The summed E-state index contributed by atoms with van der Waals surface area (Å²) in [5, 5.41) is 10.2. The lowest BCUT2D eigenvalue weighted by Gasteiger charge is -2.21. The second kappa shape index (κ2) is 2.29. The van der Waals surface area contributed by atoms with Gasteiger partial charge in [0.15, 0.2) is 0 Å². The molecule has 0 aromatic rings. The molecule has 0 spiro atoms. The van der Waals surface area contributed by atoms with Crippen molar-refractivity contribution in [1.29, 1.82) is 0 Å². The molecule has 2 heteroatoms. The third-order valence-electron chi connectivity index (χ3n) is 1.35. The summed E-state index contributed by atoms with van der Waals surface area (Å²) in [5.41, 5.74) is 1.14. The monoisotopic (exact) mass is 113 g/mol. The molecule has 2 nitrogen and oxygen atoms in total. The van der Waals surface area contributed by atoms with E-state index < -0.39 is 0 Å². The zero-order valence-electron chi connectivity index (χ0n) is 4.93. The number of hydrogen-bond donors (Lipinski definition) is 1. The number of hydrogen-bond acceptors (Lipinski definition) is 2. The van der Waals surface area contributed by atoms with Crippen molar-refractivity contribution in [2.45, 2.75) is 12.8 Å². The van der Waals surface area contributed by atoms with Crippen LogP contribution < -0.4 is 0 Å². The van der Waals surface area contributed by atoms with E-state index in [1.54, 1.807) is 0 Å². The molecule has 1 fully saturated rings. The molecule has 0 radical (unpaired) electrons. The van der Waals surface area contributed by atoms with Crippen molar-refractivity contribution in [2.24, 2.45) is 0 Å². The van der Waals surface area contributed by atoms with Gasteiger partial charge in [0, 0.05) is 13.1 Å². The molecule has 1 N–H and O–H groups in total. The highest BCUT2D eigenvalue weighted by molar-refractivity contribution is 4.98. The molecule has 1 heterocycles. The molecule has 0 amide bonds. The molecule has 0 bridgehead atoms. The maximum atomic E-state index is 8.85. The smallest absolute Gasteiger partial charge is 0.0445 e. The minimum atomic E-state index is 0.667. The van der Waals surface area contributed by atoms with Gasteiger partial charge in [-0.1, -0.05) is 12.2 Å². The molecular weight excluding hydrogens is 102 g/mol. The first-order valence-electron chi connectivity index (χ1n) is 2.89. The first kappa shape index (κ1) is 5.79. The third-order valence-corrected chi connectivity index (χ3v) is 1.35. The average Bonchev–Trinajstić information content (AvgIpc) is 1.64. The van der Waals surface area contributed by atoms with E-state index in [-0.39, 0.29) is 0 Å². The summed E-state index contributed by atoms with van der Waals surface area (Å²) >= 11 is 0. The van der Waals surface area contributed by atoms with Crippen molar-refractivity contribution in [3.05, 3.63) is 12.2 Å². The third kappa shape index (κ3) is 1.32. The molecule has 0 saturated carbocycles. The zero-order valence-corrected chi connectivity index (χ0v) is 4.93. The van der Waals surface area contributed by atoms with Crippen molar-refractivity contribution in [3.63, 3.8) is 0 Å². The number of nitrogens with zero attached hydrogens (tertiary/aromatic N) is 1. The standard InChI is InChI=1S/C6H11NO/c1-6-3-2-4-7(8)5-6/h8H,1-5H2. The average molecular weight is 113 g/mol. The lowest BCUT2D eigenvalue weighted by molar-refractivity contribution is -0.0906. The number of rotatable bonds is 0. The Balaban J connectivity index is 2.34. The molecule has 1 rings (SSSR count). The Morgan fingerprint density at radius 2 is 2.38 bits per heavy atom. The van der Waals surface area contributed by atoms with E-state index in [1.807, 2.05) is 0 Å². The largest absolute Gasteiger partial charge is 0.314 e. The van der Waals surface area contributed by atoms with Gasteiger partial charge in [0.25, 0.3) is 0 Å². The molecule has 1 saturated heterocycles. The van der Waals surface area contributed by atoms with Gasteiger partial charge >= 0.3 is 0 Å². The first-order valence-corrected chi connectivity index (χ1v) is 2.89. The fraction of sp³-hybridized carbons (Fsp3) is 0.667. The van der Waals surface area contributed by atoms with Crippen molar-refractivity contribution < 1.29 is 5.21 Å². The summed E-state index contributed by atoms with van der Waals surface area (Å²) in [5.74, 6) is 0. The highest BCUT2D eigenvalue weighted by Crippen LogP contribution is 2.10. The molecule has 0 atom stereocenters. The lowest BCUT2D eigenvalue weighted by Crippen LogP contribution is -2.27. The molecule has 0 unspecified atom stereocenters. The quantitative estimate of drug-likeness (QED) is 0.474. The van der Waals surface area contributed by atoms with Crippen LogP contribution in [0.4, 0.5) is 0 Å². The van der Waals surface area contributed by atoms with E-state index in [9.17, 15) is 0 Å². The SMILES string of the molecule is C=C1CCCN(O)C1. The van der Waals surface area contributed by atoms with E-state index in [1.165, 1.54) is 5.06 Å². The highest BCUT2D eigenvalue weighted by Gasteiger charge is 2.08. The van der Waals surface area contributed by atoms with Gasteiger partial charge in [0.2, 0.25) is 0 Å². The second-order valence-corrected chi connectivity index (χ2v) is 2.24. The predicted octanol–water partition coefficient (Wildman–Crippen LogP) is 1.03. The van der Waals surface area contributed by atoms with Gasteiger partial charge < -0.3 is 5.21 Å². The summed E-state index contributed by atoms with van der Waals surface area (Å²) in [6, 6.07) is 0. The molecule has 46 valence electrons. The van der Waals surface area contributed by atoms with E-state index in [0.29, 0.717) is 6.54 Å². The summed E-state index contributed by atoms with van der Waals surface area (Å²) in [7, 11) is 0. The molecular formula is C6H11NO. The molecule has 0 aromatic carbocycles. The van der Waals surface area contributed by atoms with Crippen LogP contribution in [0.1, 0.15) is 12.8 Å². The van der Waals surface area contributed by atoms with E-state index in [0.717, 1.165) is 25.0 Å². The highest BCUT2D eigenvalue weighted by atomic mass is 16.5. The van der Waals surface area contributed by atoms with E-state index in [4.69, 9.17) is 5.21 Å². The Morgan fingerprint density at radius 3 is 2.75 bits per heavy atom. The van der Waals surface area contributed by atoms with Gasteiger partial charge in [0.05, 0.1) is 0 Å². The summed E-state index contributed by atoms with van der Waals surface area (Å²) in [6.07, 6.45) is 2.13. The maximum absolute atomic E-state index is 8.85. The minimum Gasteiger partial charge on any atom is -0.314 e. The van der Waals surface area contributed by atoms with Crippen LogP contribution in [0.3, 0.4) is 0 Å². The van der Waals surface area contributed by atoms with Crippen LogP contribution in [-0.2, 0) is 0 Å². The van der Waals surface area contributed by atoms with E-state index in [2.05, 4.69) is 6.58 Å². The van der Waals surface area contributed by atoms with Crippen LogP contribution in [0.2, 0.25) is 0 Å². The lowest BCUT2D eigenvalue weighted by atomic mass is 10.1. The zero-order chi connectivity index (χ0) is 5.98. The minimum absolute atomic E-state index is 0.667.